The number of nitrogens with zero attached hydrogens (tertiary/aromatic N) is 5. The van der Waals surface area contributed by atoms with E-state index in [1.807, 2.05) is 24.3 Å². The number of amides is 1. The molecule has 4 aromatic rings. The Morgan fingerprint density at radius 2 is 2.00 bits per heavy atom. The normalized spacial score (nSPS) is 10.9. The van der Waals surface area contributed by atoms with Crippen molar-refractivity contribution in [3.63, 3.8) is 0 Å². The monoisotopic (exact) mass is 412 g/mol. The molecule has 1 amide bonds. The van der Waals surface area contributed by atoms with Gasteiger partial charge in [-0.25, -0.2) is 9.36 Å². The molecule has 0 fully saturated rings. The minimum Gasteiger partial charge on any atom is -0.493 e. The number of ether oxygens (including phenoxy) is 2. The molecule has 2 aromatic carbocycles. The number of hydrogen-bond donors (Lipinski definition) is 1. The second-order valence-electron chi connectivity index (χ2n) is 6.10. The fraction of sp³-hybridized carbons (Fsp3) is 0.158. The van der Waals surface area contributed by atoms with Crippen LogP contribution in [0.5, 0.6) is 11.5 Å². The first kappa shape index (κ1) is 18.8. The Labute approximate surface area is 170 Å². The van der Waals surface area contributed by atoms with E-state index in [9.17, 15) is 4.79 Å². The number of benzene rings is 2. The maximum absolute atomic E-state index is 12.6. The molecule has 0 atom stereocenters. The van der Waals surface area contributed by atoms with Crippen molar-refractivity contribution in [2.45, 2.75) is 6.67 Å². The zero-order valence-electron chi connectivity index (χ0n) is 15.7. The number of methoxy groups -OCH3 is 2. The second-order valence-corrected chi connectivity index (χ2v) is 6.48. The molecule has 0 radical (unpaired) electrons. The third-order valence-corrected chi connectivity index (χ3v) is 4.70. The Morgan fingerprint density at radius 3 is 2.79 bits per heavy atom. The SMILES string of the molecule is COc1ccc(C(=O)Nc2cnn(Cn3nnc4ccccc43)c2)c(Cl)c1OC. The van der Waals surface area contributed by atoms with Gasteiger partial charge in [0.1, 0.15) is 12.2 Å². The summed E-state index contributed by atoms with van der Waals surface area (Å²) in [7, 11) is 2.96. The molecule has 29 heavy (non-hydrogen) atoms. The average Bonchev–Trinajstić information content (AvgIpc) is 3.35. The Bertz CT molecular complexity index is 1190. The second kappa shape index (κ2) is 7.80. The summed E-state index contributed by atoms with van der Waals surface area (Å²) in [6, 6.07) is 10.8. The van der Waals surface area contributed by atoms with Crippen molar-refractivity contribution in [1.82, 2.24) is 24.8 Å². The first-order valence-corrected chi connectivity index (χ1v) is 9.01. The summed E-state index contributed by atoms with van der Waals surface area (Å²) in [6.45, 7) is 0.355. The van der Waals surface area contributed by atoms with Crippen molar-refractivity contribution in [3.8, 4) is 11.5 Å². The van der Waals surface area contributed by atoms with Crippen molar-refractivity contribution in [2.75, 3.05) is 19.5 Å². The molecular weight excluding hydrogens is 396 g/mol. The first-order chi connectivity index (χ1) is 14.1. The number of fused-ring (bicyclic) bond motifs is 1. The highest BCUT2D eigenvalue weighted by Crippen LogP contribution is 2.37. The highest BCUT2D eigenvalue weighted by molar-refractivity contribution is 6.36. The summed E-state index contributed by atoms with van der Waals surface area (Å²) in [4.78, 5) is 12.6. The van der Waals surface area contributed by atoms with E-state index >= 15 is 0 Å². The average molecular weight is 413 g/mol. The number of para-hydroxylation sites is 1. The van der Waals surface area contributed by atoms with Gasteiger partial charge in [0.15, 0.2) is 11.5 Å². The maximum atomic E-state index is 12.6. The van der Waals surface area contributed by atoms with E-state index in [0.717, 1.165) is 11.0 Å². The zero-order valence-corrected chi connectivity index (χ0v) is 16.4. The summed E-state index contributed by atoms with van der Waals surface area (Å²) in [6.07, 6.45) is 3.24. The highest BCUT2D eigenvalue weighted by Gasteiger charge is 2.18. The molecular formula is C19H17ClN6O3. The van der Waals surface area contributed by atoms with Crippen molar-refractivity contribution in [3.05, 3.63) is 59.4 Å². The molecule has 0 bridgehead atoms. The van der Waals surface area contributed by atoms with Crippen LogP contribution in [0.2, 0.25) is 5.02 Å². The van der Waals surface area contributed by atoms with Crippen molar-refractivity contribution >= 4 is 34.2 Å². The van der Waals surface area contributed by atoms with Gasteiger partial charge in [0.2, 0.25) is 0 Å². The molecule has 0 unspecified atom stereocenters. The van der Waals surface area contributed by atoms with Crippen LogP contribution in [-0.4, -0.2) is 44.9 Å². The summed E-state index contributed by atoms with van der Waals surface area (Å²) >= 11 is 6.30. The van der Waals surface area contributed by atoms with E-state index in [1.54, 1.807) is 33.9 Å². The minimum absolute atomic E-state index is 0.172. The minimum atomic E-state index is -0.387. The molecule has 0 aliphatic carbocycles. The van der Waals surface area contributed by atoms with E-state index in [0.29, 0.717) is 23.9 Å². The van der Waals surface area contributed by atoms with Gasteiger partial charge in [0, 0.05) is 0 Å². The quantitative estimate of drug-likeness (QED) is 0.523. The van der Waals surface area contributed by atoms with Crippen LogP contribution in [0.1, 0.15) is 10.4 Å². The van der Waals surface area contributed by atoms with Gasteiger partial charge in [-0.2, -0.15) is 5.10 Å². The number of nitrogens with one attached hydrogen (secondary N) is 1. The molecule has 0 spiro atoms. The Kier molecular flexibility index (Phi) is 5.05. The predicted octanol–water partition coefficient (Wildman–Crippen LogP) is 3.06. The lowest BCUT2D eigenvalue weighted by molar-refractivity contribution is 0.102. The molecule has 148 valence electrons. The number of carbonyl (C=O) groups excluding carboxylic acids is 1. The van der Waals surface area contributed by atoms with Crippen LogP contribution < -0.4 is 14.8 Å². The fourth-order valence-corrected chi connectivity index (χ4v) is 3.25. The van der Waals surface area contributed by atoms with Crippen LogP contribution in [0, 0.1) is 0 Å². The molecule has 2 aromatic heterocycles. The third kappa shape index (κ3) is 3.59. The Hall–Kier alpha value is -3.59. The number of rotatable bonds is 6. The maximum Gasteiger partial charge on any atom is 0.257 e. The highest BCUT2D eigenvalue weighted by atomic mass is 35.5. The third-order valence-electron chi connectivity index (χ3n) is 4.32. The van der Waals surface area contributed by atoms with E-state index < -0.39 is 0 Å². The number of hydrogen-bond acceptors (Lipinski definition) is 6. The summed E-state index contributed by atoms with van der Waals surface area (Å²) < 4.78 is 13.8. The molecule has 0 saturated carbocycles. The predicted molar refractivity (Wildman–Crippen MR) is 108 cm³/mol. The first-order valence-electron chi connectivity index (χ1n) is 8.63. The fourth-order valence-electron chi connectivity index (χ4n) is 2.93. The van der Waals surface area contributed by atoms with Gasteiger partial charge in [0.05, 0.1) is 48.4 Å². The molecule has 2 heterocycles. The lowest BCUT2D eigenvalue weighted by Crippen LogP contribution is -2.13. The van der Waals surface area contributed by atoms with Gasteiger partial charge in [-0.3, -0.25) is 4.79 Å². The lowest BCUT2D eigenvalue weighted by Gasteiger charge is -2.12. The van der Waals surface area contributed by atoms with E-state index in [1.165, 1.54) is 14.2 Å². The van der Waals surface area contributed by atoms with Crippen LogP contribution in [-0.2, 0) is 6.67 Å². The number of aromatic nitrogens is 5. The molecule has 0 saturated heterocycles. The van der Waals surface area contributed by atoms with Crippen LogP contribution in [0.25, 0.3) is 11.0 Å². The van der Waals surface area contributed by atoms with Crippen molar-refractivity contribution < 1.29 is 14.3 Å². The molecule has 4 rings (SSSR count). The topological polar surface area (TPSA) is 96.1 Å². The van der Waals surface area contributed by atoms with Crippen LogP contribution in [0.4, 0.5) is 5.69 Å². The number of carbonyl (C=O) groups is 1. The van der Waals surface area contributed by atoms with Gasteiger partial charge >= 0.3 is 0 Å². The van der Waals surface area contributed by atoms with Crippen LogP contribution in [0.3, 0.4) is 0 Å². The van der Waals surface area contributed by atoms with E-state index in [4.69, 9.17) is 21.1 Å². The Balaban J connectivity index is 1.51. The molecule has 0 aliphatic heterocycles. The van der Waals surface area contributed by atoms with Crippen molar-refractivity contribution in [1.29, 1.82) is 0 Å². The number of anilines is 1. The Morgan fingerprint density at radius 1 is 1.17 bits per heavy atom. The molecule has 0 aliphatic rings. The summed E-state index contributed by atoms with van der Waals surface area (Å²) in [5, 5.41) is 15.5. The van der Waals surface area contributed by atoms with E-state index in [-0.39, 0.29) is 16.5 Å². The van der Waals surface area contributed by atoms with Crippen LogP contribution in [0.15, 0.2) is 48.8 Å². The van der Waals surface area contributed by atoms with Gasteiger partial charge in [-0.05, 0) is 24.3 Å². The van der Waals surface area contributed by atoms with Gasteiger partial charge < -0.3 is 14.8 Å². The molecule has 1 N–H and O–H groups in total. The van der Waals surface area contributed by atoms with Gasteiger partial charge in [-0.1, -0.05) is 28.9 Å². The van der Waals surface area contributed by atoms with E-state index in [2.05, 4.69) is 20.7 Å². The van der Waals surface area contributed by atoms with Crippen molar-refractivity contribution in [2.24, 2.45) is 0 Å². The molecule has 9 nitrogen and oxygen atoms in total. The van der Waals surface area contributed by atoms with Crippen LogP contribution >= 0.6 is 11.6 Å². The lowest BCUT2D eigenvalue weighted by atomic mass is 10.2. The smallest absolute Gasteiger partial charge is 0.257 e. The summed E-state index contributed by atoms with van der Waals surface area (Å²) in [5.74, 6) is 0.360. The molecule has 10 heteroatoms. The standard InChI is InChI=1S/C19H17ClN6O3/c1-28-16-8-7-13(17(20)18(16)29-2)19(27)22-12-9-21-25(10-12)11-26-15-6-4-3-5-14(15)23-24-26/h3-10H,11H2,1-2H3,(H,22,27). The zero-order chi connectivity index (χ0) is 20.4. The largest absolute Gasteiger partial charge is 0.493 e. The van der Waals surface area contributed by atoms with Gasteiger partial charge in [0.25, 0.3) is 5.91 Å². The number of halogens is 1. The van der Waals surface area contributed by atoms with Gasteiger partial charge in [-0.15, -0.1) is 5.10 Å². The summed E-state index contributed by atoms with van der Waals surface area (Å²) in [5.41, 5.74) is 2.48.